The van der Waals surface area contributed by atoms with Crippen LogP contribution in [0.5, 0.6) is 0 Å². The quantitative estimate of drug-likeness (QED) is 0.517. The lowest BCUT2D eigenvalue weighted by Crippen LogP contribution is -2.00. The third-order valence-corrected chi connectivity index (χ3v) is 4.47. The number of carboxylic acid groups (broad SMARTS) is 2. The first-order chi connectivity index (χ1) is 14.5. The molecule has 7 heteroatoms. The maximum Gasteiger partial charge on any atom is 0.335 e. The van der Waals surface area contributed by atoms with E-state index in [0.29, 0.717) is 22.8 Å². The summed E-state index contributed by atoms with van der Waals surface area (Å²) < 4.78 is 0. The summed E-state index contributed by atoms with van der Waals surface area (Å²) >= 11 is 0. The Morgan fingerprint density at radius 2 is 1.10 bits per heavy atom. The molecule has 0 aliphatic carbocycles. The topological polar surface area (TPSA) is 113 Å². The lowest BCUT2D eigenvalue weighted by atomic mass is 10.0. The molecule has 0 unspecified atom stereocenters. The fourth-order valence-corrected chi connectivity index (χ4v) is 3.00. The predicted octanol–water partition coefficient (Wildman–Crippen LogP) is 4.27. The SMILES string of the molecule is O=C(O)c1ccnc(-c2cc(-c3ccccc3)cc(-c3cc(C(=O)O)ccn3)n2)c1. The van der Waals surface area contributed by atoms with Crippen molar-refractivity contribution >= 4 is 11.9 Å². The Morgan fingerprint density at radius 3 is 1.57 bits per heavy atom. The lowest BCUT2D eigenvalue weighted by molar-refractivity contribution is 0.0686. The van der Waals surface area contributed by atoms with Crippen molar-refractivity contribution in [1.82, 2.24) is 15.0 Å². The molecule has 0 fully saturated rings. The summed E-state index contributed by atoms with van der Waals surface area (Å²) in [6, 6.07) is 18.9. The zero-order chi connectivity index (χ0) is 21.1. The molecule has 146 valence electrons. The fourth-order valence-electron chi connectivity index (χ4n) is 3.00. The second kappa shape index (κ2) is 7.92. The maximum atomic E-state index is 11.3. The summed E-state index contributed by atoms with van der Waals surface area (Å²) in [6.07, 6.45) is 2.83. The Bertz CT molecular complexity index is 1180. The third-order valence-electron chi connectivity index (χ3n) is 4.47. The van der Waals surface area contributed by atoms with Crippen LogP contribution in [0.3, 0.4) is 0 Å². The van der Waals surface area contributed by atoms with Crippen molar-refractivity contribution in [1.29, 1.82) is 0 Å². The van der Waals surface area contributed by atoms with Crippen LogP contribution in [0.2, 0.25) is 0 Å². The minimum Gasteiger partial charge on any atom is -0.478 e. The summed E-state index contributed by atoms with van der Waals surface area (Å²) in [5, 5.41) is 18.6. The van der Waals surface area contributed by atoms with Crippen LogP contribution >= 0.6 is 0 Å². The summed E-state index contributed by atoms with van der Waals surface area (Å²) in [6.45, 7) is 0. The summed E-state index contributed by atoms with van der Waals surface area (Å²) in [5.74, 6) is -2.12. The van der Waals surface area contributed by atoms with Gasteiger partial charge in [0.25, 0.3) is 0 Å². The standard InChI is InChI=1S/C23H15N3O4/c27-22(28)15-6-8-24-18(10-15)20-12-17(14-4-2-1-3-5-14)13-21(26-20)19-11-16(23(29)30)7-9-25-19/h1-13H,(H,27,28)(H,29,30). The van der Waals surface area contributed by atoms with Gasteiger partial charge in [-0.3, -0.25) is 9.97 Å². The van der Waals surface area contributed by atoms with E-state index in [2.05, 4.69) is 15.0 Å². The van der Waals surface area contributed by atoms with Gasteiger partial charge in [-0.1, -0.05) is 30.3 Å². The largest absolute Gasteiger partial charge is 0.478 e. The first-order valence-electron chi connectivity index (χ1n) is 8.98. The number of carbonyl (C=O) groups is 2. The molecule has 0 saturated heterocycles. The molecule has 0 spiro atoms. The molecular formula is C23H15N3O4. The monoisotopic (exact) mass is 397 g/mol. The van der Waals surface area contributed by atoms with E-state index >= 15 is 0 Å². The van der Waals surface area contributed by atoms with Crippen molar-refractivity contribution in [3.05, 3.63) is 90.3 Å². The van der Waals surface area contributed by atoms with Crippen LogP contribution < -0.4 is 0 Å². The van der Waals surface area contributed by atoms with E-state index in [0.717, 1.165) is 11.1 Å². The molecule has 0 amide bonds. The van der Waals surface area contributed by atoms with E-state index in [1.807, 2.05) is 42.5 Å². The van der Waals surface area contributed by atoms with Crippen molar-refractivity contribution in [2.75, 3.05) is 0 Å². The highest BCUT2D eigenvalue weighted by atomic mass is 16.4. The lowest BCUT2D eigenvalue weighted by Gasteiger charge is -2.10. The molecule has 0 atom stereocenters. The van der Waals surface area contributed by atoms with Gasteiger partial charge in [-0.25, -0.2) is 14.6 Å². The molecule has 0 aliphatic rings. The van der Waals surface area contributed by atoms with E-state index in [-0.39, 0.29) is 11.1 Å². The van der Waals surface area contributed by atoms with E-state index in [1.165, 1.54) is 36.7 Å². The first-order valence-corrected chi connectivity index (χ1v) is 8.98. The van der Waals surface area contributed by atoms with Crippen LogP contribution in [0.4, 0.5) is 0 Å². The molecule has 2 N–H and O–H groups in total. The Kier molecular flexibility index (Phi) is 5.00. The van der Waals surface area contributed by atoms with Gasteiger partial charge in [0, 0.05) is 12.4 Å². The number of nitrogens with zero attached hydrogens (tertiary/aromatic N) is 3. The Morgan fingerprint density at radius 1 is 0.600 bits per heavy atom. The molecule has 4 aromatic rings. The number of aromatic carboxylic acids is 2. The van der Waals surface area contributed by atoms with Gasteiger partial charge >= 0.3 is 11.9 Å². The van der Waals surface area contributed by atoms with E-state index < -0.39 is 11.9 Å². The molecule has 3 aromatic heterocycles. The number of rotatable bonds is 5. The zero-order valence-corrected chi connectivity index (χ0v) is 15.6. The van der Waals surface area contributed by atoms with Crippen molar-refractivity contribution in [2.24, 2.45) is 0 Å². The molecule has 0 saturated carbocycles. The molecule has 0 radical (unpaired) electrons. The third kappa shape index (κ3) is 3.90. The van der Waals surface area contributed by atoms with Crippen molar-refractivity contribution in [3.63, 3.8) is 0 Å². The highest BCUT2D eigenvalue weighted by Crippen LogP contribution is 2.29. The van der Waals surface area contributed by atoms with Gasteiger partial charge in [0.2, 0.25) is 0 Å². The molecule has 0 bridgehead atoms. The van der Waals surface area contributed by atoms with Gasteiger partial charge in [-0.15, -0.1) is 0 Å². The number of carboxylic acids is 2. The fraction of sp³-hybridized carbons (Fsp3) is 0. The molecule has 7 nitrogen and oxygen atoms in total. The summed E-state index contributed by atoms with van der Waals surface area (Å²) in [5.41, 5.74) is 3.63. The minimum absolute atomic E-state index is 0.0967. The van der Waals surface area contributed by atoms with Crippen molar-refractivity contribution < 1.29 is 19.8 Å². The van der Waals surface area contributed by atoms with Gasteiger partial charge in [-0.05, 0) is 47.5 Å². The van der Waals surface area contributed by atoms with E-state index in [9.17, 15) is 19.8 Å². The van der Waals surface area contributed by atoms with Crippen molar-refractivity contribution in [2.45, 2.75) is 0 Å². The van der Waals surface area contributed by atoms with Gasteiger partial charge in [0.1, 0.15) is 0 Å². The average Bonchev–Trinajstić information content (AvgIpc) is 2.79. The average molecular weight is 397 g/mol. The van der Waals surface area contributed by atoms with E-state index in [4.69, 9.17) is 0 Å². The normalized spacial score (nSPS) is 10.5. The molecule has 1 aromatic carbocycles. The van der Waals surface area contributed by atoms with Gasteiger partial charge in [0.15, 0.2) is 0 Å². The number of aromatic nitrogens is 3. The van der Waals surface area contributed by atoms with E-state index in [1.54, 1.807) is 0 Å². The van der Waals surface area contributed by atoms with Crippen LogP contribution in [0.1, 0.15) is 20.7 Å². The maximum absolute atomic E-state index is 11.3. The molecule has 4 rings (SSSR count). The highest BCUT2D eigenvalue weighted by molar-refractivity contribution is 5.90. The molecule has 3 heterocycles. The number of pyridine rings is 3. The van der Waals surface area contributed by atoms with Gasteiger partial charge in [-0.2, -0.15) is 0 Å². The Balaban J connectivity index is 1.92. The zero-order valence-electron chi connectivity index (χ0n) is 15.6. The molecular weight excluding hydrogens is 382 g/mol. The smallest absolute Gasteiger partial charge is 0.335 e. The summed E-state index contributed by atoms with van der Waals surface area (Å²) in [4.78, 5) is 35.8. The first kappa shape index (κ1) is 18.9. The van der Waals surface area contributed by atoms with Crippen LogP contribution in [-0.2, 0) is 0 Å². The van der Waals surface area contributed by atoms with Crippen LogP contribution in [0.25, 0.3) is 33.9 Å². The van der Waals surface area contributed by atoms with Crippen molar-refractivity contribution in [3.8, 4) is 33.9 Å². The number of hydrogen-bond donors (Lipinski definition) is 2. The van der Waals surface area contributed by atoms with Crippen LogP contribution in [0, 0.1) is 0 Å². The highest BCUT2D eigenvalue weighted by Gasteiger charge is 2.13. The Hall–Kier alpha value is -4.39. The van der Waals surface area contributed by atoms with Crippen LogP contribution in [0.15, 0.2) is 79.1 Å². The number of hydrogen-bond acceptors (Lipinski definition) is 5. The van der Waals surface area contributed by atoms with Crippen LogP contribution in [-0.4, -0.2) is 37.1 Å². The minimum atomic E-state index is -1.06. The Labute approximate surface area is 171 Å². The predicted molar refractivity (Wildman–Crippen MR) is 110 cm³/mol. The molecule has 30 heavy (non-hydrogen) atoms. The van der Waals surface area contributed by atoms with Gasteiger partial charge in [0.05, 0.1) is 33.9 Å². The second-order valence-electron chi connectivity index (χ2n) is 6.46. The number of benzene rings is 1. The summed E-state index contributed by atoms with van der Waals surface area (Å²) in [7, 11) is 0. The second-order valence-corrected chi connectivity index (χ2v) is 6.46. The molecule has 0 aliphatic heterocycles. The van der Waals surface area contributed by atoms with Gasteiger partial charge < -0.3 is 10.2 Å².